The van der Waals surface area contributed by atoms with Crippen molar-refractivity contribution in [3.05, 3.63) is 65.7 Å². The van der Waals surface area contributed by atoms with Crippen LogP contribution in [0.2, 0.25) is 0 Å². The lowest BCUT2D eigenvalue weighted by molar-refractivity contribution is -0.186. The summed E-state index contributed by atoms with van der Waals surface area (Å²) in [6.07, 6.45) is 0.449. The largest absolute Gasteiger partial charge is 0.481 e. The summed E-state index contributed by atoms with van der Waals surface area (Å²) in [4.78, 5) is 83.3. The summed E-state index contributed by atoms with van der Waals surface area (Å²) in [5.41, 5.74) is 12.5. The van der Waals surface area contributed by atoms with Gasteiger partial charge in [-0.1, -0.05) is 47.5 Å². The van der Waals surface area contributed by atoms with Gasteiger partial charge in [-0.25, -0.2) is 15.1 Å². The number of carbonyl (C=O) groups is 6. The van der Waals surface area contributed by atoms with Gasteiger partial charge in [-0.3, -0.25) is 24.1 Å². The Bertz CT molecular complexity index is 1390. The molecule has 41 heavy (non-hydrogen) atoms. The monoisotopic (exact) mass is 564 g/mol. The quantitative estimate of drug-likeness (QED) is 0.167. The van der Waals surface area contributed by atoms with Gasteiger partial charge in [0.15, 0.2) is 17.4 Å². The number of hydroxylamine groups is 2. The van der Waals surface area contributed by atoms with Crippen molar-refractivity contribution in [3.8, 4) is 0 Å². The molecule has 4 amide bonds. The third-order valence-electron chi connectivity index (χ3n) is 6.90. The molecule has 1 heterocycles. The highest BCUT2D eigenvalue weighted by Gasteiger charge is 2.62. The van der Waals surface area contributed by atoms with E-state index in [1.54, 1.807) is 30.3 Å². The molecule has 1 saturated carbocycles. The number of nitrogens with zero attached hydrogens (tertiary/aromatic N) is 3. The number of urea groups is 1. The van der Waals surface area contributed by atoms with E-state index in [4.69, 9.17) is 21.2 Å². The number of para-hydroxylation sites is 1. The Morgan fingerprint density at radius 2 is 1.78 bits per heavy atom. The van der Waals surface area contributed by atoms with Gasteiger partial charge in [0.1, 0.15) is 0 Å². The number of anilines is 1. The SMILES string of the molecule is CC(=O)[C@@H](C(=O)ON1C(=O)N[C@@](c2ccc(CN=N)cc2)(C2CC2)C1=O)N(C(=O)[C@@H](N)CC(=O)O)c1ccccc1. The topological polar surface area (TPSA) is 213 Å². The Balaban J connectivity index is 1.65. The van der Waals surface area contributed by atoms with Crippen LogP contribution in [-0.2, 0) is 40.9 Å². The lowest BCUT2D eigenvalue weighted by Gasteiger charge is -2.31. The fourth-order valence-corrected chi connectivity index (χ4v) is 4.84. The first-order chi connectivity index (χ1) is 19.5. The standard InChI is InChI=1S/C27H28N6O8/c1-15(34)22(32(19-5-3-2-4-6-19)23(37)20(28)13-21(35)36)24(38)41-33-25(39)27(18-11-12-18,31-26(33)40)17-9-7-16(8-10-17)14-30-29/h2-10,18,20,22,29H,11-14,28H2,1H3,(H,31,40)(H,35,36)/t20-,22-,27-/m0/s1. The van der Waals surface area contributed by atoms with Crippen LogP contribution >= 0.6 is 0 Å². The fraction of sp³-hybridized carbons (Fsp3) is 0.333. The van der Waals surface area contributed by atoms with E-state index in [0.717, 1.165) is 6.92 Å². The van der Waals surface area contributed by atoms with Crippen molar-refractivity contribution in [2.45, 2.75) is 50.4 Å². The summed E-state index contributed by atoms with van der Waals surface area (Å²) < 4.78 is 0. The number of Topliss-reactive ketones (excluding diaryl/α,β-unsaturated/α-hetero) is 1. The number of carboxylic acid groups (broad SMARTS) is 1. The van der Waals surface area contributed by atoms with Crippen LogP contribution in [0.5, 0.6) is 0 Å². The molecule has 3 atom stereocenters. The van der Waals surface area contributed by atoms with Gasteiger partial charge in [-0.15, -0.1) is 0 Å². The van der Waals surface area contributed by atoms with Crippen molar-refractivity contribution in [1.82, 2.24) is 10.4 Å². The predicted molar refractivity (Wildman–Crippen MR) is 140 cm³/mol. The molecule has 214 valence electrons. The Kier molecular flexibility index (Phi) is 8.23. The maximum Gasteiger partial charge on any atom is 0.363 e. The number of nitrogens with two attached hydrogens (primary N) is 1. The van der Waals surface area contributed by atoms with Crippen LogP contribution in [0.4, 0.5) is 10.5 Å². The number of rotatable bonds is 12. The van der Waals surface area contributed by atoms with Crippen molar-refractivity contribution in [2.24, 2.45) is 16.8 Å². The Morgan fingerprint density at radius 1 is 1.15 bits per heavy atom. The number of nitrogens with one attached hydrogen (secondary N) is 2. The van der Waals surface area contributed by atoms with Crippen molar-refractivity contribution in [1.29, 1.82) is 5.53 Å². The normalized spacial score (nSPS) is 19.6. The second-order valence-corrected chi connectivity index (χ2v) is 9.80. The molecule has 1 aliphatic heterocycles. The molecule has 4 rings (SSSR count). The Morgan fingerprint density at radius 3 is 2.32 bits per heavy atom. The van der Waals surface area contributed by atoms with Gasteiger partial charge in [-0.05, 0) is 48.9 Å². The van der Waals surface area contributed by atoms with Crippen molar-refractivity contribution in [2.75, 3.05) is 4.90 Å². The van der Waals surface area contributed by atoms with E-state index in [-0.39, 0.29) is 23.2 Å². The van der Waals surface area contributed by atoms with Gasteiger partial charge in [0.25, 0.3) is 5.91 Å². The van der Waals surface area contributed by atoms with E-state index in [1.165, 1.54) is 24.3 Å². The molecular weight excluding hydrogens is 536 g/mol. The van der Waals surface area contributed by atoms with E-state index >= 15 is 0 Å². The van der Waals surface area contributed by atoms with Gasteiger partial charge in [0.05, 0.1) is 19.0 Å². The molecule has 2 aromatic carbocycles. The van der Waals surface area contributed by atoms with E-state index in [9.17, 15) is 28.8 Å². The second kappa shape index (κ2) is 11.6. The molecule has 14 nitrogen and oxygen atoms in total. The highest BCUT2D eigenvalue weighted by atomic mass is 16.7. The highest BCUT2D eigenvalue weighted by molar-refractivity contribution is 6.15. The van der Waals surface area contributed by atoms with Crippen LogP contribution in [0.1, 0.15) is 37.3 Å². The summed E-state index contributed by atoms with van der Waals surface area (Å²) >= 11 is 0. The number of amides is 4. The van der Waals surface area contributed by atoms with Crippen LogP contribution in [-0.4, -0.2) is 57.8 Å². The van der Waals surface area contributed by atoms with Crippen molar-refractivity contribution in [3.63, 3.8) is 0 Å². The average molecular weight is 565 g/mol. The summed E-state index contributed by atoms with van der Waals surface area (Å²) in [7, 11) is 0. The molecule has 0 spiro atoms. The number of carboxylic acids is 1. The smallest absolute Gasteiger partial charge is 0.363 e. The first-order valence-corrected chi connectivity index (χ1v) is 12.7. The maximum absolute atomic E-state index is 13.7. The highest BCUT2D eigenvalue weighted by Crippen LogP contribution is 2.49. The summed E-state index contributed by atoms with van der Waals surface area (Å²) in [6, 6.07) is 9.39. The minimum Gasteiger partial charge on any atom is -0.481 e. The number of benzene rings is 2. The number of aliphatic carboxylic acids is 1. The molecule has 0 radical (unpaired) electrons. The second-order valence-electron chi connectivity index (χ2n) is 9.80. The first-order valence-electron chi connectivity index (χ1n) is 12.7. The molecule has 2 fully saturated rings. The number of hydrogen-bond acceptors (Lipinski definition) is 10. The minimum atomic E-state index is -1.99. The zero-order valence-electron chi connectivity index (χ0n) is 22.0. The van der Waals surface area contributed by atoms with Gasteiger partial charge < -0.3 is 21.0 Å². The third kappa shape index (κ3) is 5.68. The zero-order chi connectivity index (χ0) is 29.9. The van der Waals surface area contributed by atoms with Crippen LogP contribution in [0.3, 0.4) is 0 Å². The minimum absolute atomic E-state index is 0.0412. The van der Waals surface area contributed by atoms with Crippen LogP contribution in [0, 0.1) is 11.4 Å². The first kappa shape index (κ1) is 29.0. The number of imide groups is 1. The number of hydrogen-bond donors (Lipinski definition) is 4. The lowest BCUT2D eigenvalue weighted by atomic mass is 9.84. The molecule has 14 heteroatoms. The average Bonchev–Trinajstić information content (AvgIpc) is 3.75. The summed E-state index contributed by atoms with van der Waals surface area (Å²) in [5.74, 6) is -5.89. The van der Waals surface area contributed by atoms with Crippen LogP contribution < -0.4 is 16.0 Å². The van der Waals surface area contributed by atoms with Gasteiger partial charge in [-0.2, -0.15) is 5.11 Å². The van der Waals surface area contributed by atoms with Crippen molar-refractivity contribution < 1.29 is 38.7 Å². The molecule has 1 saturated heterocycles. The molecular formula is C27H28N6O8. The molecule has 0 unspecified atom stereocenters. The van der Waals surface area contributed by atoms with E-state index in [0.29, 0.717) is 28.9 Å². The lowest BCUT2D eigenvalue weighted by Crippen LogP contribution is -2.56. The summed E-state index contributed by atoms with van der Waals surface area (Å²) in [5, 5.41) is 15.3. The van der Waals surface area contributed by atoms with Crippen LogP contribution in [0.25, 0.3) is 0 Å². The van der Waals surface area contributed by atoms with E-state index in [2.05, 4.69) is 10.4 Å². The number of ketones is 1. The molecule has 2 aromatic rings. The van der Waals surface area contributed by atoms with Gasteiger partial charge in [0, 0.05) is 5.69 Å². The van der Waals surface area contributed by atoms with Crippen molar-refractivity contribution >= 4 is 41.3 Å². The van der Waals surface area contributed by atoms with Gasteiger partial charge >= 0.3 is 18.0 Å². The molecule has 0 bridgehead atoms. The van der Waals surface area contributed by atoms with Gasteiger partial charge in [0.2, 0.25) is 5.91 Å². The van der Waals surface area contributed by atoms with E-state index < -0.39 is 59.6 Å². The number of carbonyl (C=O) groups excluding carboxylic acids is 5. The Hall–Kier alpha value is -4.98. The predicted octanol–water partition coefficient (Wildman–Crippen LogP) is 1.63. The molecule has 2 aliphatic rings. The van der Waals surface area contributed by atoms with Crippen LogP contribution in [0.15, 0.2) is 59.7 Å². The fourth-order valence-electron chi connectivity index (χ4n) is 4.84. The molecule has 1 aliphatic carbocycles. The van der Waals surface area contributed by atoms with E-state index in [1.807, 2.05) is 0 Å². The molecule has 0 aromatic heterocycles. The maximum atomic E-state index is 13.7. The third-order valence-corrected chi connectivity index (χ3v) is 6.90. The zero-order valence-corrected chi connectivity index (χ0v) is 22.0. The Labute approximate surface area is 233 Å². The summed E-state index contributed by atoms with van der Waals surface area (Å²) in [6.45, 7) is 1.14. The molecule has 5 N–H and O–H groups in total.